The number of hydrogen-bond donors (Lipinski definition) is 0. The Morgan fingerprint density at radius 2 is 0.902 bits per heavy atom. The second-order valence-corrected chi connectivity index (χ2v) is 14.3. The van der Waals surface area contributed by atoms with Crippen molar-refractivity contribution in [3.05, 3.63) is 187 Å². The van der Waals surface area contributed by atoms with Crippen molar-refractivity contribution in [2.24, 2.45) is 0 Å². The molecule has 1 heteroatoms. The van der Waals surface area contributed by atoms with Crippen molar-refractivity contribution in [2.75, 3.05) is 0 Å². The van der Waals surface area contributed by atoms with Crippen molar-refractivity contribution in [1.82, 2.24) is 4.98 Å². The molecule has 1 aliphatic rings. The van der Waals surface area contributed by atoms with Gasteiger partial charge < -0.3 is 0 Å². The van der Waals surface area contributed by atoms with E-state index in [-0.39, 0.29) is 5.41 Å². The number of benzene rings is 8. The van der Waals surface area contributed by atoms with Gasteiger partial charge in [0, 0.05) is 16.5 Å². The molecule has 0 fully saturated rings. The lowest BCUT2D eigenvalue weighted by Crippen LogP contribution is -2.14. The quantitative estimate of drug-likeness (QED) is 0.173. The van der Waals surface area contributed by atoms with Gasteiger partial charge in [-0.1, -0.05) is 166 Å². The van der Waals surface area contributed by atoms with E-state index in [0.29, 0.717) is 0 Å². The lowest BCUT2D eigenvalue weighted by Gasteiger charge is -2.21. The molecule has 0 N–H and O–H groups in total. The minimum Gasteiger partial charge on any atom is -0.248 e. The van der Waals surface area contributed by atoms with Gasteiger partial charge in [-0.3, -0.25) is 0 Å². The molecule has 0 unspecified atom stereocenters. The molecule has 1 aromatic heterocycles. The van der Waals surface area contributed by atoms with Gasteiger partial charge in [0.1, 0.15) is 0 Å². The summed E-state index contributed by atoms with van der Waals surface area (Å²) in [6.45, 7) is 4.69. The molecule has 10 rings (SSSR count). The van der Waals surface area contributed by atoms with E-state index in [0.717, 1.165) is 28.1 Å². The molecule has 8 aromatic carbocycles. The Bertz CT molecular complexity index is 2750. The first kappa shape index (κ1) is 29.6. The monoisotopic (exact) mass is 649 g/mol. The third-order valence-corrected chi connectivity index (χ3v) is 11.1. The van der Waals surface area contributed by atoms with Crippen LogP contribution in [0.4, 0.5) is 0 Å². The highest BCUT2D eigenvalue weighted by Crippen LogP contribution is 2.50. The van der Waals surface area contributed by atoms with Crippen LogP contribution in [0.15, 0.2) is 176 Å². The zero-order valence-electron chi connectivity index (χ0n) is 28.7. The van der Waals surface area contributed by atoms with Gasteiger partial charge in [-0.2, -0.15) is 0 Å². The van der Waals surface area contributed by atoms with E-state index >= 15 is 0 Å². The number of hydrogen-bond acceptors (Lipinski definition) is 1. The molecule has 9 aromatic rings. The summed E-state index contributed by atoms with van der Waals surface area (Å²) in [6.07, 6.45) is 0. The van der Waals surface area contributed by atoms with Crippen molar-refractivity contribution in [2.45, 2.75) is 19.3 Å². The molecule has 51 heavy (non-hydrogen) atoms. The Kier molecular flexibility index (Phi) is 6.60. The van der Waals surface area contributed by atoms with Crippen LogP contribution in [0, 0.1) is 0 Å². The van der Waals surface area contributed by atoms with Crippen LogP contribution >= 0.6 is 0 Å². The van der Waals surface area contributed by atoms with E-state index in [1.54, 1.807) is 0 Å². The number of rotatable bonds is 4. The SMILES string of the molecule is CC1(C)c2ccccc2-c2cc(-c3ccc4c(c3)c3ccccc3c3cccc(-c5cc(-c6ccccc6)cc(-c6ccccc6)n5)c34)ccc21. The van der Waals surface area contributed by atoms with E-state index in [1.807, 2.05) is 0 Å². The Hall–Kier alpha value is -6.31. The van der Waals surface area contributed by atoms with E-state index in [2.05, 4.69) is 190 Å². The minimum absolute atomic E-state index is 0.00835. The third kappa shape index (κ3) is 4.66. The van der Waals surface area contributed by atoms with Crippen molar-refractivity contribution in [3.8, 4) is 55.9 Å². The highest BCUT2D eigenvalue weighted by atomic mass is 14.7. The highest BCUT2D eigenvalue weighted by molar-refractivity contribution is 6.28. The largest absolute Gasteiger partial charge is 0.248 e. The summed E-state index contributed by atoms with van der Waals surface area (Å²) >= 11 is 0. The molecule has 0 saturated carbocycles. The van der Waals surface area contributed by atoms with Crippen LogP contribution in [0.2, 0.25) is 0 Å². The van der Waals surface area contributed by atoms with E-state index in [4.69, 9.17) is 4.98 Å². The van der Waals surface area contributed by atoms with Gasteiger partial charge in [0.05, 0.1) is 11.4 Å². The molecule has 0 atom stereocenters. The molecule has 1 nitrogen and oxygen atoms in total. The molecule has 0 amide bonds. The summed E-state index contributed by atoms with van der Waals surface area (Å²) in [6, 6.07) is 64.2. The standard InChI is InChI=1S/C50H35N/c1-50(2)45-23-12-11-20-39(45)44-29-35(25-27-46(44)50)34-24-26-41-43(28-34)38-19-10-9-18-37(38)40-21-13-22-42(49(40)41)48-31-36(32-14-5-3-6-15-32)30-47(51-48)33-16-7-4-8-17-33/h3-31H,1-2H3. The number of aromatic nitrogens is 1. The second kappa shape index (κ2) is 11.4. The lowest BCUT2D eigenvalue weighted by molar-refractivity contribution is 0.660. The Labute approximate surface area is 298 Å². The fourth-order valence-corrected chi connectivity index (χ4v) is 8.52. The van der Waals surface area contributed by atoms with Crippen molar-refractivity contribution in [3.63, 3.8) is 0 Å². The van der Waals surface area contributed by atoms with Crippen molar-refractivity contribution < 1.29 is 0 Å². The van der Waals surface area contributed by atoms with E-state index in [1.165, 1.54) is 71.3 Å². The van der Waals surface area contributed by atoms with Crippen LogP contribution in [0.5, 0.6) is 0 Å². The summed E-state index contributed by atoms with van der Waals surface area (Å²) in [7, 11) is 0. The average Bonchev–Trinajstić information content (AvgIpc) is 3.43. The van der Waals surface area contributed by atoms with Crippen LogP contribution in [0.3, 0.4) is 0 Å². The molecule has 0 saturated heterocycles. The summed E-state index contributed by atoms with van der Waals surface area (Å²) in [5.74, 6) is 0. The maximum atomic E-state index is 5.36. The zero-order valence-corrected chi connectivity index (χ0v) is 28.7. The molecular weight excluding hydrogens is 615 g/mol. The number of pyridine rings is 1. The van der Waals surface area contributed by atoms with E-state index < -0.39 is 0 Å². The third-order valence-electron chi connectivity index (χ3n) is 11.1. The molecule has 0 spiro atoms. The first-order chi connectivity index (χ1) is 25.0. The predicted molar refractivity (Wildman–Crippen MR) is 216 cm³/mol. The number of fused-ring (bicyclic) bond motifs is 9. The summed E-state index contributed by atoms with van der Waals surface area (Å²) < 4.78 is 0. The van der Waals surface area contributed by atoms with Gasteiger partial charge in [0.15, 0.2) is 0 Å². The fraction of sp³-hybridized carbons (Fsp3) is 0.0600. The normalized spacial score (nSPS) is 13.1. The van der Waals surface area contributed by atoms with E-state index in [9.17, 15) is 0 Å². The molecule has 0 aliphatic heterocycles. The van der Waals surface area contributed by atoms with Crippen LogP contribution in [-0.4, -0.2) is 4.98 Å². The predicted octanol–water partition coefficient (Wildman–Crippen LogP) is 13.5. The average molecular weight is 650 g/mol. The van der Waals surface area contributed by atoms with Crippen LogP contribution in [0.1, 0.15) is 25.0 Å². The molecular formula is C50H35N. The van der Waals surface area contributed by atoms with Gasteiger partial charge in [0.25, 0.3) is 0 Å². The molecule has 0 bridgehead atoms. The first-order valence-electron chi connectivity index (χ1n) is 17.8. The van der Waals surface area contributed by atoms with Crippen molar-refractivity contribution >= 4 is 32.3 Å². The Morgan fingerprint density at radius 1 is 0.333 bits per heavy atom. The molecule has 1 heterocycles. The minimum atomic E-state index is -0.00835. The molecule has 0 radical (unpaired) electrons. The first-order valence-corrected chi connectivity index (χ1v) is 17.8. The van der Waals surface area contributed by atoms with Crippen molar-refractivity contribution in [1.29, 1.82) is 0 Å². The maximum Gasteiger partial charge on any atom is 0.0722 e. The highest BCUT2D eigenvalue weighted by Gasteiger charge is 2.35. The van der Waals surface area contributed by atoms with Gasteiger partial charge in [-0.15, -0.1) is 0 Å². The van der Waals surface area contributed by atoms with Gasteiger partial charge in [-0.05, 0) is 101 Å². The molecule has 1 aliphatic carbocycles. The smallest absolute Gasteiger partial charge is 0.0722 e. The lowest BCUT2D eigenvalue weighted by atomic mass is 9.82. The maximum absolute atomic E-state index is 5.36. The topological polar surface area (TPSA) is 12.9 Å². The summed E-state index contributed by atoms with van der Waals surface area (Å²) in [5.41, 5.74) is 14.5. The zero-order chi connectivity index (χ0) is 34.1. The van der Waals surface area contributed by atoms with Crippen LogP contribution in [-0.2, 0) is 5.41 Å². The Morgan fingerprint density at radius 3 is 1.71 bits per heavy atom. The van der Waals surface area contributed by atoms with Gasteiger partial charge >= 0.3 is 0 Å². The van der Waals surface area contributed by atoms with Gasteiger partial charge in [0.2, 0.25) is 0 Å². The van der Waals surface area contributed by atoms with Crippen LogP contribution < -0.4 is 0 Å². The second-order valence-electron chi connectivity index (χ2n) is 14.3. The molecule has 240 valence electrons. The summed E-state index contributed by atoms with van der Waals surface area (Å²) in [5, 5.41) is 7.50. The fourth-order valence-electron chi connectivity index (χ4n) is 8.52. The van der Waals surface area contributed by atoms with Gasteiger partial charge in [-0.25, -0.2) is 4.98 Å². The number of nitrogens with zero attached hydrogens (tertiary/aromatic N) is 1. The van der Waals surface area contributed by atoms with Crippen LogP contribution in [0.25, 0.3) is 88.2 Å². The Balaban J connectivity index is 1.22. The summed E-state index contributed by atoms with van der Waals surface area (Å²) in [4.78, 5) is 5.36.